The van der Waals surface area contributed by atoms with Crippen LogP contribution in [0.15, 0.2) is 15.4 Å². The number of carbonyl (C=O) groups is 1. The van der Waals surface area contributed by atoms with E-state index >= 15 is 0 Å². The predicted octanol–water partition coefficient (Wildman–Crippen LogP) is 1.40. The highest BCUT2D eigenvalue weighted by Gasteiger charge is 2.21. The van der Waals surface area contributed by atoms with Gasteiger partial charge in [0.15, 0.2) is 5.76 Å². The van der Waals surface area contributed by atoms with E-state index in [2.05, 4.69) is 19.2 Å². The third-order valence-electron chi connectivity index (χ3n) is 2.60. The second-order valence-electron chi connectivity index (χ2n) is 5.08. The number of carbonyl (C=O) groups excluding carboxylic acids is 1. The number of aryl methyl sites for hydroxylation is 1. The van der Waals surface area contributed by atoms with Gasteiger partial charge < -0.3 is 9.73 Å². The minimum atomic E-state index is -3.87. The highest BCUT2D eigenvalue weighted by Crippen LogP contribution is 2.18. The molecule has 6 nitrogen and oxygen atoms in total. The molecule has 0 radical (unpaired) electrons. The molecule has 19 heavy (non-hydrogen) atoms. The summed E-state index contributed by atoms with van der Waals surface area (Å²) < 4.78 is 27.6. The Labute approximate surface area is 113 Å². The summed E-state index contributed by atoms with van der Waals surface area (Å²) in [6.45, 7) is 7.44. The van der Waals surface area contributed by atoms with Crippen LogP contribution in [-0.4, -0.2) is 20.4 Å². The number of rotatable bonds is 5. The van der Waals surface area contributed by atoms with Crippen molar-refractivity contribution < 1.29 is 17.6 Å². The van der Waals surface area contributed by atoms with Crippen LogP contribution in [0.1, 0.15) is 43.5 Å². The zero-order valence-electron chi connectivity index (χ0n) is 11.6. The summed E-state index contributed by atoms with van der Waals surface area (Å²) in [6.07, 6.45) is 0.827. The first-order chi connectivity index (χ1) is 8.61. The van der Waals surface area contributed by atoms with Crippen LogP contribution >= 0.6 is 0 Å². The van der Waals surface area contributed by atoms with Gasteiger partial charge >= 0.3 is 0 Å². The molecule has 1 heterocycles. The summed E-state index contributed by atoms with van der Waals surface area (Å²) in [5, 5.41) is 7.77. The molecular formula is C12H20N2O4S. The van der Waals surface area contributed by atoms with Crippen LogP contribution in [0.2, 0.25) is 0 Å². The lowest BCUT2D eigenvalue weighted by Crippen LogP contribution is -2.33. The van der Waals surface area contributed by atoms with E-state index in [9.17, 15) is 13.2 Å². The van der Waals surface area contributed by atoms with Gasteiger partial charge in [0, 0.05) is 12.1 Å². The summed E-state index contributed by atoms with van der Waals surface area (Å²) in [6, 6.07) is 1.14. The van der Waals surface area contributed by atoms with E-state index in [-0.39, 0.29) is 22.5 Å². The lowest BCUT2D eigenvalue weighted by Gasteiger charge is -2.14. The zero-order chi connectivity index (χ0) is 14.8. The van der Waals surface area contributed by atoms with Crippen LogP contribution in [0.4, 0.5) is 0 Å². The largest absolute Gasteiger partial charge is 0.455 e. The number of sulfonamides is 1. The van der Waals surface area contributed by atoms with E-state index in [0.717, 1.165) is 12.5 Å². The molecule has 1 aromatic heterocycles. The fourth-order valence-corrected chi connectivity index (χ4v) is 2.63. The van der Waals surface area contributed by atoms with Crippen molar-refractivity contribution in [1.82, 2.24) is 5.32 Å². The molecular weight excluding hydrogens is 268 g/mol. The second-order valence-corrected chi connectivity index (χ2v) is 6.61. The van der Waals surface area contributed by atoms with Crippen LogP contribution in [0.25, 0.3) is 0 Å². The third-order valence-corrected chi connectivity index (χ3v) is 3.62. The second kappa shape index (κ2) is 5.75. The van der Waals surface area contributed by atoms with Crippen molar-refractivity contribution in [3.63, 3.8) is 0 Å². The summed E-state index contributed by atoms with van der Waals surface area (Å²) in [5.74, 6) is 0.0843. The first-order valence-electron chi connectivity index (χ1n) is 6.05. The number of amides is 1. The van der Waals surface area contributed by atoms with E-state index in [1.165, 1.54) is 6.92 Å². The average molecular weight is 288 g/mol. The maximum Gasteiger partial charge on any atom is 0.287 e. The van der Waals surface area contributed by atoms with Crippen LogP contribution in [0, 0.1) is 12.8 Å². The van der Waals surface area contributed by atoms with Crippen molar-refractivity contribution in [2.24, 2.45) is 11.1 Å². The molecule has 108 valence electrons. The molecule has 1 rings (SSSR count). The van der Waals surface area contributed by atoms with Gasteiger partial charge in [-0.25, -0.2) is 13.6 Å². The van der Waals surface area contributed by atoms with Crippen LogP contribution in [0.3, 0.4) is 0 Å². The van der Waals surface area contributed by atoms with E-state index in [1.54, 1.807) is 0 Å². The zero-order valence-corrected chi connectivity index (χ0v) is 12.4. The van der Waals surface area contributed by atoms with Gasteiger partial charge in [-0.05, 0) is 26.2 Å². The minimum Gasteiger partial charge on any atom is -0.455 e. The van der Waals surface area contributed by atoms with Crippen molar-refractivity contribution in [3.05, 3.63) is 17.6 Å². The number of furan rings is 1. The van der Waals surface area contributed by atoms with E-state index in [4.69, 9.17) is 9.56 Å². The summed E-state index contributed by atoms with van der Waals surface area (Å²) >= 11 is 0. The van der Waals surface area contributed by atoms with Gasteiger partial charge in [0.05, 0.1) is 0 Å². The number of nitrogens with two attached hydrogens (primary N) is 1. The Hall–Kier alpha value is -1.34. The number of nitrogens with one attached hydrogen (secondary N) is 1. The maximum absolute atomic E-state index is 11.9. The van der Waals surface area contributed by atoms with Crippen molar-refractivity contribution in [2.75, 3.05) is 0 Å². The SMILES string of the molecule is Cc1oc(C(=O)NC(C)CC(C)C)cc1S(N)(=O)=O. The van der Waals surface area contributed by atoms with Gasteiger partial charge in [-0.2, -0.15) is 0 Å². The van der Waals surface area contributed by atoms with Crippen molar-refractivity contribution in [3.8, 4) is 0 Å². The number of hydrogen-bond donors (Lipinski definition) is 2. The molecule has 0 bridgehead atoms. The van der Waals surface area contributed by atoms with Gasteiger partial charge in [-0.3, -0.25) is 4.79 Å². The molecule has 7 heteroatoms. The molecule has 1 unspecified atom stereocenters. The molecule has 0 fully saturated rings. The monoisotopic (exact) mass is 288 g/mol. The molecule has 1 atom stereocenters. The molecule has 0 aliphatic heterocycles. The van der Waals surface area contributed by atoms with Gasteiger partial charge in [-0.1, -0.05) is 13.8 Å². The highest BCUT2D eigenvalue weighted by molar-refractivity contribution is 7.89. The third kappa shape index (κ3) is 4.36. The molecule has 0 aromatic carbocycles. The fourth-order valence-electron chi connectivity index (χ4n) is 1.92. The minimum absolute atomic E-state index is 0.0177. The molecule has 3 N–H and O–H groups in total. The van der Waals surface area contributed by atoms with Crippen LogP contribution < -0.4 is 10.5 Å². The lowest BCUT2D eigenvalue weighted by atomic mass is 10.1. The van der Waals surface area contributed by atoms with E-state index in [1.807, 2.05) is 6.92 Å². The molecule has 1 aromatic rings. The smallest absolute Gasteiger partial charge is 0.287 e. The first kappa shape index (κ1) is 15.7. The number of primary sulfonamides is 1. The highest BCUT2D eigenvalue weighted by atomic mass is 32.2. The van der Waals surface area contributed by atoms with Gasteiger partial charge in [0.1, 0.15) is 10.7 Å². The Kier molecular flexibility index (Phi) is 4.75. The molecule has 0 aliphatic carbocycles. The molecule has 0 saturated carbocycles. The van der Waals surface area contributed by atoms with E-state index < -0.39 is 15.9 Å². The molecule has 1 amide bonds. The van der Waals surface area contributed by atoms with Crippen molar-refractivity contribution >= 4 is 15.9 Å². The van der Waals surface area contributed by atoms with Crippen LogP contribution in [-0.2, 0) is 10.0 Å². The van der Waals surface area contributed by atoms with Crippen LogP contribution in [0.5, 0.6) is 0 Å². The standard InChI is InChI=1S/C12H20N2O4S/c1-7(2)5-8(3)14-12(15)10-6-11(9(4)18-10)19(13,16)17/h6-8H,5H2,1-4H3,(H,14,15)(H2,13,16,17). The molecule has 0 saturated heterocycles. The average Bonchev–Trinajstić information content (AvgIpc) is 2.58. The van der Waals surface area contributed by atoms with Crippen molar-refractivity contribution in [2.45, 2.75) is 45.1 Å². The summed E-state index contributed by atoms with van der Waals surface area (Å²) in [5.41, 5.74) is 0. The predicted molar refractivity (Wildman–Crippen MR) is 71.2 cm³/mol. The lowest BCUT2D eigenvalue weighted by molar-refractivity contribution is 0.0906. The van der Waals surface area contributed by atoms with Gasteiger partial charge in [0.25, 0.3) is 5.91 Å². The Morgan fingerprint density at radius 2 is 2.00 bits per heavy atom. The summed E-state index contributed by atoms with van der Waals surface area (Å²) in [4.78, 5) is 11.7. The maximum atomic E-state index is 11.9. The molecule has 0 aliphatic rings. The quantitative estimate of drug-likeness (QED) is 0.854. The topological polar surface area (TPSA) is 102 Å². The molecule has 0 spiro atoms. The number of hydrogen-bond acceptors (Lipinski definition) is 4. The van der Waals surface area contributed by atoms with Crippen molar-refractivity contribution in [1.29, 1.82) is 0 Å². The normalized spacial score (nSPS) is 13.6. The Bertz CT molecular complexity index is 560. The van der Waals surface area contributed by atoms with Gasteiger partial charge in [0.2, 0.25) is 10.0 Å². The Morgan fingerprint density at radius 1 is 1.42 bits per heavy atom. The van der Waals surface area contributed by atoms with Gasteiger partial charge in [-0.15, -0.1) is 0 Å². The Balaban J connectivity index is 2.85. The van der Waals surface area contributed by atoms with E-state index in [0.29, 0.717) is 5.92 Å². The fraction of sp³-hybridized carbons (Fsp3) is 0.583. The Morgan fingerprint density at radius 3 is 2.42 bits per heavy atom. The summed E-state index contributed by atoms with van der Waals surface area (Å²) in [7, 11) is -3.87. The first-order valence-corrected chi connectivity index (χ1v) is 7.60.